The van der Waals surface area contributed by atoms with Crippen LogP contribution in [0.15, 0.2) is 41.4 Å². The Kier molecular flexibility index (Phi) is 3.33. The summed E-state index contributed by atoms with van der Waals surface area (Å²) in [6.45, 7) is 0. The zero-order valence-corrected chi connectivity index (χ0v) is 12.4. The van der Waals surface area contributed by atoms with Crippen molar-refractivity contribution >= 4 is 11.8 Å². The molecule has 7 heteroatoms. The average molecular weight is 312 g/mol. The van der Waals surface area contributed by atoms with Gasteiger partial charge in [0.1, 0.15) is 6.26 Å². The Bertz CT molecular complexity index is 712. The van der Waals surface area contributed by atoms with Crippen molar-refractivity contribution in [1.29, 1.82) is 0 Å². The Hall–Kier alpha value is -2.70. The monoisotopic (exact) mass is 312 g/mol. The van der Waals surface area contributed by atoms with Gasteiger partial charge >= 0.3 is 0 Å². The molecule has 0 bridgehead atoms. The second kappa shape index (κ2) is 5.49. The van der Waals surface area contributed by atoms with E-state index in [9.17, 15) is 9.59 Å². The van der Waals surface area contributed by atoms with Gasteiger partial charge in [0.05, 0.1) is 12.1 Å². The molecule has 2 fully saturated rings. The summed E-state index contributed by atoms with van der Waals surface area (Å²) in [6.07, 6.45) is 7.14. The molecule has 2 atom stereocenters. The summed E-state index contributed by atoms with van der Waals surface area (Å²) in [5.41, 5.74) is 1.16. The quantitative estimate of drug-likeness (QED) is 0.919. The van der Waals surface area contributed by atoms with E-state index < -0.39 is 0 Å². The molecule has 0 spiro atoms. The van der Waals surface area contributed by atoms with Crippen LogP contribution in [0.25, 0.3) is 0 Å². The highest BCUT2D eigenvalue weighted by Gasteiger charge is 2.47. The van der Waals surface area contributed by atoms with E-state index in [0.717, 1.165) is 18.4 Å². The number of pyridine rings is 1. The number of amides is 2. The van der Waals surface area contributed by atoms with Crippen molar-refractivity contribution in [3.05, 3.63) is 48.1 Å². The Morgan fingerprint density at radius 2 is 2.22 bits per heavy atom. The predicted octanol–water partition coefficient (Wildman–Crippen LogP) is 1.30. The number of nitrogens with zero attached hydrogens (tertiary/aromatic N) is 3. The van der Waals surface area contributed by atoms with Gasteiger partial charge in [-0.05, 0) is 24.5 Å². The number of aromatic nitrogens is 2. The molecule has 2 aliphatic rings. The Labute approximate surface area is 132 Å². The summed E-state index contributed by atoms with van der Waals surface area (Å²) in [4.78, 5) is 30.8. The van der Waals surface area contributed by atoms with Gasteiger partial charge in [0, 0.05) is 30.9 Å². The van der Waals surface area contributed by atoms with E-state index in [1.165, 1.54) is 12.3 Å². The minimum absolute atomic E-state index is 0.0757. The molecule has 7 nitrogen and oxygen atoms in total. The van der Waals surface area contributed by atoms with Crippen LogP contribution in [0.1, 0.15) is 41.4 Å². The summed E-state index contributed by atoms with van der Waals surface area (Å²) in [5, 5.41) is 6.56. The molecule has 1 aliphatic carbocycles. The third kappa shape index (κ3) is 2.58. The Balaban J connectivity index is 1.62. The number of carbonyl (C=O) groups is 2. The standard InChI is InChI=1S/C16H16N4O3/c21-14-8-13(18-16(22)12-5-7-23-19-12)15(20(14)11-3-4-11)10-2-1-6-17-9-10/h1-2,5-7,9,11,13,15H,3-4,8H2,(H,18,22)/t13-,15+/m1/s1. The maximum atomic E-state index is 12.4. The molecule has 23 heavy (non-hydrogen) atoms. The maximum Gasteiger partial charge on any atom is 0.273 e. The van der Waals surface area contributed by atoms with E-state index in [1.807, 2.05) is 17.0 Å². The van der Waals surface area contributed by atoms with Crippen LogP contribution in [0.5, 0.6) is 0 Å². The fourth-order valence-corrected chi connectivity index (χ4v) is 3.18. The largest absolute Gasteiger partial charge is 0.364 e. The average Bonchev–Trinajstić information content (AvgIpc) is 3.12. The lowest BCUT2D eigenvalue weighted by Crippen LogP contribution is -2.40. The van der Waals surface area contributed by atoms with Crippen LogP contribution in [0, 0.1) is 0 Å². The number of likely N-dealkylation sites (tertiary alicyclic amines) is 1. The van der Waals surface area contributed by atoms with Crippen LogP contribution in [0.3, 0.4) is 0 Å². The van der Waals surface area contributed by atoms with Crippen molar-refractivity contribution < 1.29 is 14.1 Å². The Morgan fingerprint density at radius 1 is 1.35 bits per heavy atom. The van der Waals surface area contributed by atoms with Crippen LogP contribution in [-0.2, 0) is 4.79 Å². The molecular weight excluding hydrogens is 296 g/mol. The van der Waals surface area contributed by atoms with Crippen molar-refractivity contribution in [2.45, 2.75) is 37.4 Å². The van der Waals surface area contributed by atoms with E-state index >= 15 is 0 Å². The molecule has 2 aromatic heterocycles. The fraction of sp³-hybridized carbons (Fsp3) is 0.375. The second-order valence-corrected chi connectivity index (χ2v) is 5.93. The first-order valence-corrected chi connectivity index (χ1v) is 7.66. The van der Waals surface area contributed by atoms with E-state index in [4.69, 9.17) is 4.52 Å². The molecular formula is C16H16N4O3. The van der Waals surface area contributed by atoms with E-state index in [1.54, 1.807) is 12.4 Å². The highest BCUT2D eigenvalue weighted by Crippen LogP contribution is 2.41. The number of nitrogens with one attached hydrogen (secondary N) is 1. The normalized spacial score (nSPS) is 24.0. The SMILES string of the molecule is O=C(N[C@@H]1CC(=O)N(C2CC2)[C@H]1c1cccnc1)c1ccon1. The van der Waals surface area contributed by atoms with Gasteiger partial charge < -0.3 is 14.7 Å². The lowest BCUT2D eigenvalue weighted by Gasteiger charge is -2.28. The molecule has 1 saturated carbocycles. The van der Waals surface area contributed by atoms with E-state index in [0.29, 0.717) is 6.42 Å². The van der Waals surface area contributed by atoms with E-state index in [2.05, 4.69) is 15.5 Å². The summed E-state index contributed by atoms with van der Waals surface area (Å²) in [7, 11) is 0. The van der Waals surface area contributed by atoms with Gasteiger partial charge in [-0.25, -0.2) is 0 Å². The highest BCUT2D eigenvalue weighted by atomic mass is 16.5. The third-order valence-corrected chi connectivity index (χ3v) is 4.32. The van der Waals surface area contributed by atoms with Crippen molar-refractivity contribution in [3.8, 4) is 0 Å². The number of hydrogen-bond acceptors (Lipinski definition) is 5. The van der Waals surface area contributed by atoms with Crippen molar-refractivity contribution in [2.75, 3.05) is 0 Å². The molecule has 3 heterocycles. The summed E-state index contributed by atoms with van der Waals surface area (Å²) in [5.74, 6) is -0.255. The maximum absolute atomic E-state index is 12.4. The molecule has 2 amide bonds. The van der Waals surface area contributed by atoms with Gasteiger partial charge in [-0.3, -0.25) is 14.6 Å². The molecule has 0 radical (unpaired) electrons. The summed E-state index contributed by atoms with van der Waals surface area (Å²) < 4.78 is 4.70. The van der Waals surface area contributed by atoms with Gasteiger partial charge in [-0.2, -0.15) is 0 Å². The Morgan fingerprint density at radius 3 is 2.87 bits per heavy atom. The molecule has 1 saturated heterocycles. The van der Waals surface area contributed by atoms with Crippen molar-refractivity contribution in [3.63, 3.8) is 0 Å². The second-order valence-electron chi connectivity index (χ2n) is 5.93. The zero-order chi connectivity index (χ0) is 15.8. The van der Waals surface area contributed by atoms with E-state index in [-0.39, 0.29) is 35.6 Å². The topological polar surface area (TPSA) is 88.3 Å². The highest BCUT2D eigenvalue weighted by molar-refractivity contribution is 5.93. The van der Waals surface area contributed by atoms with Crippen molar-refractivity contribution in [2.24, 2.45) is 0 Å². The van der Waals surface area contributed by atoms with Gasteiger partial charge in [-0.1, -0.05) is 11.2 Å². The van der Waals surface area contributed by atoms with Crippen LogP contribution < -0.4 is 5.32 Å². The molecule has 1 aliphatic heterocycles. The van der Waals surface area contributed by atoms with Gasteiger partial charge in [-0.15, -0.1) is 0 Å². The summed E-state index contributed by atoms with van der Waals surface area (Å²) in [6, 6.07) is 5.10. The van der Waals surface area contributed by atoms with Crippen LogP contribution in [0.2, 0.25) is 0 Å². The third-order valence-electron chi connectivity index (χ3n) is 4.32. The number of carbonyl (C=O) groups excluding carboxylic acids is 2. The van der Waals surface area contributed by atoms with Gasteiger partial charge in [0.15, 0.2) is 5.69 Å². The fourth-order valence-electron chi connectivity index (χ4n) is 3.18. The smallest absolute Gasteiger partial charge is 0.273 e. The lowest BCUT2D eigenvalue weighted by molar-refractivity contribution is -0.129. The minimum Gasteiger partial charge on any atom is -0.364 e. The molecule has 0 unspecified atom stereocenters. The number of hydrogen-bond donors (Lipinski definition) is 1. The van der Waals surface area contributed by atoms with Crippen LogP contribution >= 0.6 is 0 Å². The van der Waals surface area contributed by atoms with Crippen LogP contribution in [0.4, 0.5) is 0 Å². The lowest BCUT2D eigenvalue weighted by atomic mass is 10.0. The first-order chi connectivity index (χ1) is 11.2. The molecule has 0 aromatic carbocycles. The molecule has 1 N–H and O–H groups in total. The van der Waals surface area contributed by atoms with Gasteiger partial charge in [0.25, 0.3) is 5.91 Å². The first kappa shape index (κ1) is 13.9. The van der Waals surface area contributed by atoms with Gasteiger partial charge in [0.2, 0.25) is 5.91 Å². The number of rotatable bonds is 4. The zero-order valence-electron chi connectivity index (χ0n) is 12.4. The molecule has 4 rings (SSSR count). The predicted molar refractivity (Wildman–Crippen MR) is 79.2 cm³/mol. The molecule has 2 aromatic rings. The molecule has 118 valence electrons. The first-order valence-electron chi connectivity index (χ1n) is 7.66. The van der Waals surface area contributed by atoms with Crippen molar-refractivity contribution in [1.82, 2.24) is 20.4 Å². The summed E-state index contributed by atoms with van der Waals surface area (Å²) >= 11 is 0. The van der Waals surface area contributed by atoms with Crippen LogP contribution in [-0.4, -0.2) is 38.9 Å². The minimum atomic E-state index is -0.330.